The molecule has 0 heterocycles. The number of rotatable bonds is 3. The van der Waals surface area contributed by atoms with Crippen molar-refractivity contribution in [3.63, 3.8) is 0 Å². The van der Waals surface area contributed by atoms with E-state index in [9.17, 15) is 14.0 Å². The Morgan fingerprint density at radius 2 is 1.87 bits per heavy atom. The standard InChI is InChI=1S/C16H13ClFN3O2/c1-10-12(17)6-4-8-14(10)20-15(22)16(23)21-19-9-11-5-2-3-7-13(11)18/h2-9H,1H3,(H,20,22)(H,21,23)/b19-9+. The van der Waals surface area contributed by atoms with Crippen LogP contribution in [0.2, 0.25) is 5.02 Å². The summed E-state index contributed by atoms with van der Waals surface area (Å²) in [5.41, 5.74) is 3.29. The molecular weight excluding hydrogens is 321 g/mol. The number of amides is 2. The lowest BCUT2D eigenvalue weighted by Crippen LogP contribution is -2.32. The van der Waals surface area contributed by atoms with Crippen LogP contribution in [0.3, 0.4) is 0 Å². The molecule has 2 aromatic carbocycles. The van der Waals surface area contributed by atoms with Crippen LogP contribution in [0.15, 0.2) is 47.6 Å². The van der Waals surface area contributed by atoms with Gasteiger partial charge in [-0.15, -0.1) is 0 Å². The van der Waals surface area contributed by atoms with Crippen molar-refractivity contribution in [3.8, 4) is 0 Å². The van der Waals surface area contributed by atoms with Crippen LogP contribution in [-0.4, -0.2) is 18.0 Å². The number of anilines is 1. The molecule has 2 amide bonds. The molecular formula is C16H13ClFN3O2. The molecule has 0 radical (unpaired) electrons. The molecule has 0 atom stereocenters. The quantitative estimate of drug-likeness (QED) is 0.515. The van der Waals surface area contributed by atoms with Gasteiger partial charge in [-0.3, -0.25) is 9.59 Å². The first-order valence-corrected chi connectivity index (χ1v) is 7.01. The third kappa shape index (κ3) is 4.37. The summed E-state index contributed by atoms with van der Waals surface area (Å²) in [6.45, 7) is 1.71. The first kappa shape index (κ1) is 16.6. The number of hydrogen-bond donors (Lipinski definition) is 2. The van der Waals surface area contributed by atoms with Gasteiger partial charge in [0.25, 0.3) is 0 Å². The number of benzene rings is 2. The van der Waals surface area contributed by atoms with Gasteiger partial charge in [-0.2, -0.15) is 5.10 Å². The summed E-state index contributed by atoms with van der Waals surface area (Å²) in [6.07, 6.45) is 1.12. The number of carbonyl (C=O) groups excluding carboxylic acids is 2. The minimum absolute atomic E-state index is 0.193. The van der Waals surface area contributed by atoms with Crippen molar-refractivity contribution < 1.29 is 14.0 Å². The molecule has 0 saturated carbocycles. The summed E-state index contributed by atoms with van der Waals surface area (Å²) < 4.78 is 13.3. The van der Waals surface area contributed by atoms with Crippen LogP contribution < -0.4 is 10.7 Å². The molecule has 0 aromatic heterocycles. The van der Waals surface area contributed by atoms with Crippen molar-refractivity contribution in [2.24, 2.45) is 5.10 Å². The van der Waals surface area contributed by atoms with Gasteiger partial charge in [0.1, 0.15) is 5.82 Å². The highest BCUT2D eigenvalue weighted by atomic mass is 35.5. The highest BCUT2D eigenvalue weighted by Crippen LogP contribution is 2.22. The molecule has 0 aliphatic heterocycles. The van der Waals surface area contributed by atoms with Crippen molar-refractivity contribution in [1.29, 1.82) is 0 Å². The van der Waals surface area contributed by atoms with E-state index in [1.54, 1.807) is 31.2 Å². The molecule has 2 aromatic rings. The second kappa shape index (κ2) is 7.51. The Hall–Kier alpha value is -2.73. The van der Waals surface area contributed by atoms with Crippen LogP contribution in [0.1, 0.15) is 11.1 Å². The van der Waals surface area contributed by atoms with Gasteiger partial charge < -0.3 is 5.32 Å². The van der Waals surface area contributed by atoms with E-state index in [2.05, 4.69) is 10.4 Å². The van der Waals surface area contributed by atoms with E-state index < -0.39 is 17.6 Å². The Morgan fingerprint density at radius 3 is 2.61 bits per heavy atom. The van der Waals surface area contributed by atoms with E-state index in [1.807, 2.05) is 5.43 Å². The van der Waals surface area contributed by atoms with E-state index in [0.29, 0.717) is 16.3 Å². The van der Waals surface area contributed by atoms with Gasteiger partial charge in [-0.25, -0.2) is 9.82 Å². The molecule has 2 N–H and O–H groups in total. The molecule has 0 aliphatic carbocycles. The summed E-state index contributed by atoms with van der Waals surface area (Å²) in [7, 11) is 0. The van der Waals surface area contributed by atoms with Gasteiger partial charge in [0.15, 0.2) is 0 Å². The monoisotopic (exact) mass is 333 g/mol. The summed E-state index contributed by atoms with van der Waals surface area (Å²) in [6, 6.07) is 10.9. The normalized spacial score (nSPS) is 10.6. The number of hydrazone groups is 1. The predicted octanol–water partition coefficient (Wildman–Crippen LogP) is 2.88. The average Bonchev–Trinajstić information content (AvgIpc) is 2.53. The van der Waals surface area contributed by atoms with Gasteiger partial charge in [-0.05, 0) is 30.7 Å². The predicted molar refractivity (Wildman–Crippen MR) is 87.0 cm³/mol. The smallest absolute Gasteiger partial charge is 0.317 e. The molecule has 7 heteroatoms. The molecule has 2 rings (SSSR count). The van der Waals surface area contributed by atoms with Crippen LogP contribution >= 0.6 is 11.6 Å². The molecule has 118 valence electrons. The van der Waals surface area contributed by atoms with Crippen molar-refractivity contribution in [3.05, 3.63) is 64.4 Å². The van der Waals surface area contributed by atoms with E-state index in [1.165, 1.54) is 18.2 Å². The van der Waals surface area contributed by atoms with Crippen LogP contribution in [-0.2, 0) is 9.59 Å². The summed E-state index contributed by atoms with van der Waals surface area (Å²) in [4.78, 5) is 23.4. The van der Waals surface area contributed by atoms with Crippen molar-refractivity contribution in [2.45, 2.75) is 6.92 Å². The van der Waals surface area contributed by atoms with Gasteiger partial charge in [0.05, 0.1) is 6.21 Å². The number of hydrogen-bond acceptors (Lipinski definition) is 3. The third-order valence-corrected chi connectivity index (χ3v) is 3.41. The summed E-state index contributed by atoms with van der Waals surface area (Å²) >= 11 is 5.93. The molecule has 0 spiro atoms. The maximum Gasteiger partial charge on any atom is 0.329 e. The van der Waals surface area contributed by atoms with Gasteiger partial charge in [-0.1, -0.05) is 35.9 Å². The topological polar surface area (TPSA) is 70.6 Å². The molecule has 0 fully saturated rings. The van der Waals surface area contributed by atoms with Crippen molar-refractivity contribution >= 4 is 35.3 Å². The Labute approximate surface area is 137 Å². The van der Waals surface area contributed by atoms with Gasteiger partial charge >= 0.3 is 11.8 Å². The minimum atomic E-state index is -0.975. The Balaban J connectivity index is 1.97. The van der Waals surface area contributed by atoms with E-state index in [4.69, 9.17) is 11.6 Å². The maximum absolute atomic E-state index is 13.3. The largest absolute Gasteiger partial charge is 0.329 e. The first-order chi connectivity index (χ1) is 11.0. The second-order valence-corrected chi connectivity index (χ2v) is 4.99. The number of carbonyl (C=O) groups is 2. The third-order valence-electron chi connectivity index (χ3n) is 3.00. The second-order valence-electron chi connectivity index (χ2n) is 4.59. The lowest BCUT2D eigenvalue weighted by atomic mass is 10.2. The van der Waals surface area contributed by atoms with Crippen LogP contribution in [0.25, 0.3) is 0 Å². The van der Waals surface area contributed by atoms with Crippen LogP contribution in [0.4, 0.5) is 10.1 Å². The highest BCUT2D eigenvalue weighted by molar-refractivity contribution is 6.40. The summed E-state index contributed by atoms with van der Waals surface area (Å²) in [5, 5.41) is 6.45. The molecule has 0 saturated heterocycles. The zero-order valence-corrected chi connectivity index (χ0v) is 12.9. The Morgan fingerprint density at radius 1 is 1.13 bits per heavy atom. The van der Waals surface area contributed by atoms with Crippen molar-refractivity contribution in [2.75, 3.05) is 5.32 Å². The molecule has 0 bridgehead atoms. The number of halogens is 2. The van der Waals surface area contributed by atoms with Gasteiger partial charge in [0.2, 0.25) is 0 Å². The SMILES string of the molecule is Cc1c(Cl)cccc1NC(=O)C(=O)N/N=C/c1ccccc1F. The lowest BCUT2D eigenvalue weighted by Gasteiger charge is -2.08. The molecule has 5 nitrogen and oxygen atoms in total. The summed E-state index contributed by atoms with van der Waals surface area (Å²) in [5.74, 6) is -2.36. The number of nitrogens with zero attached hydrogens (tertiary/aromatic N) is 1. The molecule has 23 heavy (non-hydrogen) atoms. The molecule has 0 aliphatic rings. The zero-order chi connectivity index (χ0) is 16.8. The number of nitrogens with one attached hydrogen (secondary N) is 2. The van der Waals surface area contributed by atoms with E-state index in [-0.39, 0.29) is 5.56 Å². The first-order valence-electron chi connectivity index (χ1n) is 6.63. The van der Waals surface area contributed by atoms with E-state index >= 15 is 0 Å². The van der Waals surface area contributed by atoms with Crippen LogP contribution in [0, 0.1) is 12.7 Å². The van der Waals surface area contributed by atoms with Crippen LogP contribution in [0.5, 0.6) is 0 Å². The fourth-order valence-corrected chi connectivity index (χ4v) is 1.89. The van der Waals surface area contributed by atoms with Gasteiger partial charge in [0, 0.05) is 16.3 Å². The Kier molecular flexibility index (Phi) is 5.43. The highest BCUT2D eigenvalue weighted by Gasteiger charge is 2.14. The average molecular weight is 334 g/mol. The minimum Gasteiger partial charge on any atom is -0.317 e. The molecule has 0 unspecified atom stereocenters. The Bertz CT molecular complexity index is 778. The lowest BCUT2D eigenvalue weighted by molar-refractivity contribution is -0.136. The maximum atomic E-state index is 13.3. The zero-order valence-electron chi connectivity index (χ0n) is 12.1. The fourth-order valence-electron chi connectivity index (χ4n) is 1.71. The fraction of sp³-hybridized carbons (Fsp3) is 0.0625. The van der Waals surface area contributed by atoms with E-state index in [0.717, 1.165) is 6.21 Å². The van der Waals surface area contributed by atoms with Crippen molar-refractivity contribution in [1.82, 2.24) is 5.43 Å².